The molecular weight excluding hydrogens is 1290 g/mol. The van der Waals surface area contributed by atoms with Gasteiger partial charge in [0.15, 0.2) is 5.72 Å². The number of hydrogen-bond donors (Lipinski definition) is 7. The third-order valence-corrected chi connectivity index (χ3v) is 18.6. The SMILES string of the molecule is C=C(CBr)C(=O)OCCCCCC(=O)N[C@](C=O)(CN[C@@H](CCCNC(N)=O)C(=O)Nc1ccc(C(=O)N(C)[C@@H](C)C(=O)O[C@H]2CC(=O)N(C)c3cc(cc(OC)c3Cl)C/C(C)=C/C=C/[C@@H](OC)[C@@]3(O)C[C@H](OC(=O)N3)[C@@H](C)[C@@H]3O[C@@]23C)cc1N1CCOCC1)C(C)C. The molecule has 4 aliphatic heterocycles. The van der Waals surface area contributed by atoms with Crippen molar-refractivity contribution in [3.8, 4) is 5.75 Å². The zero-order valence-corrected chi connectivity index (χ0v) is 57.0. The molecule has 0 unspecified atom stereocenters. The third kappa shape index (κ3) is 19.5. The van der Waals surface area contributed by atoms with Crippen LogP contribution in [-0.2, 0) is 63.6 Å². The van der Waals surface area contributed by atoms with Gasteiger partial charge in [-0.2, -0.15) is 0 Å². The standard InChI is InChI=1S/C65H91BrClN9O17/c1-38(2)64(37-77,72-53(78)20-13-12-14-26-90-59(82)40(4)35-66)36-70-46(18-16-23-69-61(68)84)57(80)71-45-22-21-44(32-47(45)76-24-27-89-28-25-76)58(81)74(8)42(6)60(83)92-52-33-54(79)75(9)48-30-43(31-49(87-10)55(48)67)29-39(3)17-15-19-51(88-11)65(86)34-50(91-62(85)73-65)41(5)56-63(52,7)93-56/h15,17,19,21-22,30-32,37-38,41-42,46,50-52,56,70,86H,4,12-14,16,18,20,23-29,33-36H2,1-3,5-11H3,(H,71,80)(H,72,78)(H,73,85)(H3,68,69,84)/b19-15+,39-17+/t41-,42+,46+,50+,51-,52+,56+,63+,64+,65+/m1/s1. The molecule has 93 heavy (non-hydrogen) atoms. The number of ether oxygens (including phenoxy) is 7. The van der Waals surface area contributed by atoms with Crippen LogP contribution in [0.1, 0.15) is 109 Å². The first-order valence-corrected chi connectivity index (χ1v) is 32.6. The van der Waals surface area contributed by atoms with Crippen LogP contribution >= 0.6 is 27.5 Å². The topological polar surface area (TPSA) is 338 Å². The van der Waals surface area contributed by atoms with Crippen molar-refractivity contribution in [3.63, 3.8) is 0 Å². The highest BCUT2D eigenvalue weighted by atomic mass is 79.9. The molecule has 3 fully saturated rings. The van der Waals surface area contributed by atoms with E-state index in [-0.39, 0.29) is 61.3 Å². The lowest BCUT2D eigenvalue weighted by Gasteiger charge is -2.42. The van der Waals surface area contributed by atoms with E-state index in [1.165, 1.54) is 51.1 Å². The number of esters is 2. The van der Waals surface area contributed by atoms with Crippen molar-refractivity contribution in [1.29, 1.82) is 0 Å². The molecule has 0 aromatic heterocycles. The number of alkyl carbamates (subject to hydrolysis) is 1. The lowest BCUT2D eigenvalue weighted by Crippen LogP contribution is -2.63. The Labute approximate surface area is 556 Å². The Balaban J connectivity index is 1.23. The van der Waals surface area contributed by atoms with E-state index in [2.05, 4.69) is 49.1 Å². The summed E-state index contributed by atoms with van der Waals surface area (Å²) in [7, 11) is 5.82. The summed E-state index contributed by atoms with van der Waals surface area (Å²) in [6.07, 6.45) is 2.66. The molecule has 4 heterocycles. The normalized spacial score (nSPS) is 24.6. The van der Waals surface area contributed by atoms with Crippen LogP contribution in [-0.4, -0.2) is 197 Å². The first kappa shape index (κ1) is 74.9. The van der Waals surface area contributed by atoms with Gasteiger partial charge in [0, 0.05) is 82.6 Å². The van der Waals surface area contributed by atoms with Gasteiger partial charge in [-0.15, -0.1) is 0 Å². The van der Waals surface area contributed by atoms with E-state index in [0.717, 1.165) is 11.1 Å². The minimum atomic E-state index is -1.92. The first-order valence-electron chi connectivity index (χ1n) is 31.1. The molecule has 7 amide bonds. The number of nitrogens with zero attached hydrogens (tertiary/aromatic N) is 3. The van der Waals surface area contributed by atoms with Gasteiger partial charge in [0.05, 0.1) is 62.6 Å². The van der Waals surface area contributed by atoms with Crippen LogP contribution in [0.3, 0.4) is 0 Å². The second kappa shape index (κ2) is 33.8. The summed E-state index contributed by atoms with van der Waals surface area (Å²) in [6, 6.07) is 5.12. The van der Waals surface area contributed by atoms with Crippen molar-refractivity contribution >= 4 is 98.6 Å². The van der Waals surface area contributed by atoms with E-state index >= 15 is 0 Å². The number of anilines is 3. The summed E-state index contributed by atoms with van der Waals surface area (Å²) in [4.78, 5) is 126. The van der Waals surface area contributed by atoms with Gasteiger partial charge in [-0.05, 0) is 101 Å². The van der Waals surface area contributed by atoms with Crippen molar-refractivity contribution in [3.05, 3.63) is 82.4 Å². The quantitative estimate of drug-likeness (QED) is 0.0106. The number of methoxy groups -OCH3 is 2. The van der Waals surface area contributed by atoms with Gasteiger partial charge < -0.3 is 84.8 Å². The molecule has 6 rings (SSSR count). The number of aldehydes is 1. The van der Waals surface area contributed by atoms with Crippen molar-refractivity contribution in [2.24, 2.45) is 17.6 Å². The fourth-order valence-corrected chi connectivity index (χ4v) is 11.9. The van der Waals surface area contributed by atoms with Gasteiger partial charge in [-0.25, -0.2) is 19.2 Å². The average Bonchev–Trinajstić information content (AvgIpc) is 1.58. The summed E-state index contributed by atoms with van der Waals surface area (Å²) in [5, 5.41) is 26.6. The number of nitrogens with two attached hydrogens (primary N) is 1. The third-order valence-electron chi connectivity index (χ3n) is 17.6. The van der Waals surface area contributed by atoms with Crippen LogP contribution in [0.25, 0.3) is 0 Å². The van der Waals surface area contributed by atoms with Gasteiger partial charge in [0.1, 0.15) is 52.6 Å². The maximum Gasteiger partial charge on any atom is 0.409 e. The Kier molecular flexibility index (Phi) is 27.2. The van der Waals surface area contributed by atoms with E-state index in [4.69, 9.17) is 50.5 Å². The molecule has 4 aliphatic rings. The number of carbonyl (C=O) groups is 9. The molecule has 0 radical (unpaired) electrons. The number of aliphatic hydroxyl groups is 1. The van der Waals surface area contributed by atoms with Gasteiger partial charge in [0.2, 0.25) is 17.7 Å². The van der Waals surface area contributed by atoms with E-state index in [0.29, 0.717) is 86.7 Å². The number of urea groups is 1. The van der Waals surface area contributed by atoms with E-state index in [9.17, 15) is 48.3 Å². The highest BCUT2D eigenvalue weighted by Gasteiger charge is 2.64. The van der Waals surface area contributed by atoms with Crippen molar-refractivity contribution in [1.82, 2.24) is 26.2 Å². The van der Waals surface area contributed by atoms with Crippen molar-refractivity contribution < 1.29 is 81.4 Å². The lowest BCUT2D eigenvalue weighted by molar-refractivity contribution is -0.158. The number of morpholine rings is 1. The van der Waals surface area contributed by atoms with Gasteiger partial charge >= 0.3 is 24.1 Å². The number of amides is 7. The number of epoxide rings is 1. The minimum Gasteiger partial charge on any atom is -0.495 e. The van der Waals surface area contributed by atoms with Gasteiger partial charge in [-0.1, -0.05) is 78.7 Å². The molecule has 0 aliphatic carbocycles. The van der Waals surface area contributed by atoms with Crippen molar-refractivity contribution in [2.45, 2.75) is 153 Å². The number of likely N-dealkylation sites (N-methyl/N-ethyl adjacent to an activating group) is 1. The zero-order valence-electron chi connectivity index (χ0n) is 54.7. The monoisotopic (exact) mass is 1380 g/mol. The molecular formula is C65H91BrClN9O17. The number of hydrogen-bond acceptors (Lipinski definition) is 19. The molecule has 28 heteroatoms. The predicted octanol–water partition coefficient (Wildman–Crippen LogP) is 5.77. The summed E-state index contributed by atoms with van der Waals surface area (Å²) in [5.41, 5.74) is 3.70. The number of nitrogens with one attached hydrogen (secondary N) is 5. The Morgan fingerprint density at radius 2 is 1.77 bits per heavy atom. The zero-order chi connectivity index (χ0) is 68.5. The van der Waals surface area contributed by atoms with Crippen LogP contribution in [0, 0.1) is 11.8 Å². The van der Waals surface area contributed by atoms with Crippen LogP contribution in [0.4, 0.5) is 26.7 Å². The number of benzene rings is 2. The van der Waals surface area contributed by atoms with E-state index < -0.39 is 119 Å². The molecule has 512 valence electrons. The molecule has 26 nitrogen and oxygen atoms in total. The second-order valence-corrected chi connectivity index (χ2v) is 25.5. The van der Waals surface area contributed by atoms with Crippen LogP contribution in [0.2, 0.25) is 5.02 Å². The number of rotatable bonds is 27. The number of carbonyl (C=O) groups excluding carboxylic acids is 9. The Bertz CT molecular complexity index is 3130. The number of unbranched alkanes of at least 4 members (excludes halogenated alkanes) is 2. The predicted molar refractivity (Wildman–Crippen MR) is 351 cm³/mol. The number of primary amides is 1. The van der Waals surface area contributed by atoms with Gasteiger partial charge in [0.25, 0.3) is 5.91 Å². The second-order valence-electron chi connectivity index (χ2n) is 24.5. The van der Waals surface area contributed by atoms with Crippen LogP contribution in [0.5, 0.6) is 5.75 Å². The number of halogens is 2. The summed E-state index contributed by atoms with van der Waals surface area (Å²) >= 11 is 10.1. The molecule has 0 saturated carbocycles. The number of alkyl halides is 1. The molecule has 3 saturated heterocycles. The van der Waals surface area contributed by atoms with E-state index in [1.54, 1.807) is 64.1 Å². The summed E-state index contributed by atoms with van der Waals surface area (Å²) < 4.78 is 40.7. The smallest absolute Gasteiger partial charge is 0.409 e. The maximum atomic E-state index is 14.7. The lowest BCUT2D eigenvalue weighted by atomic mass is 9.83. The van der Waals surface area contributed by atoms with Crippen LogP contribution in [0.15, 0.2) is 66.3 Å². The number of fused-ring (bicyclic) bond motifs is 5. The Hall–Kier alpha value is -7.14. The highest BCUT2D eigenvalue weighted by Crippen LogP contribution is 2.49. The highest BCUT2D eigenvalue weighted by molar-refractivity contribution is 9.09. The minimum absolute atomic E-state index is 0.0793. The van der Waals surface area contributed by atoms with Gasteiger partial charge in [-0.3, -0.25) is 24.5 Å². The Morgan fingerprint density at radius 1 is 1.05 bits per heavy atom. The molecule has 0 spiro atoms. The molecule has 10 atom stereocenters. The largest absolute Gasteiger partial charge is 0.495 e. The average molecular weight is 1390 g/mol. The summed E-state index contributed by atoms with van der Waals surface area (Å²) in [6.45, 7) is 15.5. The maximum absolute atomic E-state index is 14.7. The Morgan fingerprint density at radius 3 is 2.43 bits per heavy atom. The molecule has 2 aromatic carbocycles. The van der Waals surface area contributed by atoms with Crippen molar-refractivity contribution in [2.75, 3.05) is 94.8 Å². The molecule has 8 N–H and O–H groups in total. The number of allylic oxidation sites excluding steroid dienone is 3. The fraction of sp³-hybridized carbons (Fsp3) is 0.585. The molecule has 2 aromatic rings. The molecule has 4 bridgehead atoms. The first-order chi connectivity index (χ1) is 44.0. The van der Waals surface area contributed by atoms with E-state index in [1.807, 2.05) is 17.9 Å². The summed E-state index contributed by atoms with van der Waals surface area (Å²) in [5.74, 6) is -4.24. The van der Waals surface area contributed by atoms with Crippen LogP contribution < -0.4 is 46.9 Å². The fourth-order valence-electron chi connectivity index (χ4n) is 11.4.